The van der Waals surface area contributed by atoms with Crippen LogP contribution in [0, 0.1) is 0 Å². The summed E-state index contributed by atoms with van der Waals surface area (Å²) < 4.78 is 13.8. The average molecular weight is 434 g/mol. The molecule has 1 aliphatic heterocycles. The van der Waals surface area contributed by atoms with Gasteiger partial charge in [-0.15, -0.1) is 6.58 Å². The molecule has 2 heterocycles. The highest BCUT2D eigenvalue weighted by Crippen LogP contribution is 2.34. The number of likely N-dealkylation sites (tertiary alicyclic amines) is 1. The summed E-state index contributed by atoms with van der Waals surface area (Å²) in [6.45, 7) is 7.57. The number of carbonyl (C=O) groups is 1. The lowest BCUT2D eigenvalue weighted by molar-refractivity contribution is -0.129. The van der Waals surface area contributed by atoms with Crippen LogP contribution in [0.2, 0.25) is 0 Å². The molecule has 1 atom stereocenters. The Morgan fingerprint density at radius 2 is 2.09 bits per heavy atom. The number of imidazole rings is 1. The number of para-hydroxylation sites is 2. The van der Waals surface area contributed by atoms with Crippen LogP contribution in [0.15, 0.2) is 55.1 Å². The average Bonchev–Trinajstić information content (AvgIpc) is 3.42. The number of ether oxygens (including phenoxy) is 2. The monoisotopic (exact) mass is 433 g/mol. The first-order valence-electron chi connectivity index (χ1n) is 11.3. The molecule has 0 aliphatic carbocycles. The fourth-order valence-corrected chi connectivity index (χ4v) is 4.53. The highest BCUT2D eigenvalue weighted by atomic mass is 16.5. The predicted molar refractivity (Wildman–Crippen MR) is 126 cm³/mol. The molecule has 4 rings (SSSR count). The second-order valence-corrected chi connectivity index (χ2v) is 8.16. The van der Waals surface area contributed by atoms with E-state index in [1.807, 2.05) is 47.4 Å². The highest BCUT2D eigenvalue weighted by Gasteiger charge is 2.32. The molecule has 1 saturated heterocycles. The third-order valence-electron chi connectivity index (χ3n) is 6.03. The van der Waals surface area contributed by atoms with Crippen LogP contribution in [0.5, 0.6) is 11.5 Å². The second kappa shape index (κ2) is 9.90. The standard InChI is InChI=1S/C26H31N3O3/c1-4-9-20-13-14-24(25(18-20)31-3)32-17-8-16-29-22-11-6-5-10-21(22)27-26(29)23-12-7-15-28(23)19(2)30/h4-6,10-11,13-14,18,23H,1,7-9,12,15-17H2,2-3H3/t23-/m1/s1. The van der Waals surface area contributed by atoms with E-state index in [-0.39, 0.29) is 11.9 Å². The summed E-state index contributed by atoms with van der Waals surface area (Å²) >= 11 is 0. The lowest BCUT2D eigenvalue weighted by Crippen LogP contribution is -2.30. The molecule has 1 aliphatic rings. The minimum absolute atomic E-state index is 0.0401. The maximum absolute atomic E-state index is 12.2. The van der Waals surface area contributed by atoms with Gasteiger partial charge >= 0.3 is 0 Å². The van der Waals surface area contributed by atoms with Crippen molar-refractivity contribution in [1.29, 1.82) is 0 Å². The Hall–Kier alpha value is -3.28. The van der Waals surface area contributed by atoms with Gasteiger partial charge in [-0.3, -0.25) is 4.79 Å². The normalized spacial score (nSPS) is 15.8. The van der Waals surface area contributed by atoms with Crippen LogP contribution < -0.4 is 9.47 Å². The van der Waals surface area contributed by atoms with Gasteiger partial charge in [-0.25, -0.2) is 4.98 Å². The van der Waals surface area contributed by atoms with E-state index < -0.39 is 0 Å². The zero-order valence-corrected chi connectivity index (χ0v) is 18.9. The van der Waals surface area contributed by atoms with Gasteiger partial charge in [-0.2, -0.15) is 0 Å². The van der Waals surface area contributed by atoms with Crippen LogP contribution in [0.25, 0.3) is 11.0 Å². The van der Waals surface area contributed by atoms with Crippen LogP contribution in [0.1, 0.15) is 43.6 Å². The first kappa shape index (κ1) is 21.9. The first-order valence-corrected chi connectivity index (χ1v) is 11.3. The summed E-state index contributed by atoms with van der Waals surface area (Å²) in [5, 5.41) is 0. The lowest BCUT2D eigenvalue weighted by Gasteiger charge is -2.24. The molecule has 0 N–H and O–H groups in total. The van der Waals surface area contributed by atoms with E-state index in [4.69, 9.17) is 14.5 Å². The molecule has 1 aromatic heterocycles. The number of fused-ring (bicyclic) bond motifs is 1. The van der Waals surface area contributed by atoms with Crippen molar-refractivity contribution in [3.63, 3.8) is 0 Å². The molecular formula is C26H31N3O3. The van der Waals surface area contributed by atoms with E-state index in [2.05, 4.69) is 17.2 Å². The Balaban J connectivity index is 1.49. The molecule has 6 nitrogen and oxygen atoms in total. The summed E-state index contributed by atoms with van der Waals surface area (Å²) in [5.74, 6) is 2.57. The van der Waals surface area contributed by atoms with Crippen molar-refractivity contribution in [2.24, 2.45) is 0 Å². The van der Waals surface area contributed by atoms with Crippen LogP contribution in [-0.4, -0.2) is 40.6 Å². The molecule has 6 heteroatoms. The third-order valence-corrected chi connectivity index (χ3v) is 6.03. The van der Waals surface area contributed by atoms with Crippen molar-refractivity contribution in [3.05, 3.63) is 66.5 Å². The van der Waals surface area contributed by atoms with Crippen LogP contribution in [-0.2, 0) is 17.8 Å². The van der Waals surface area contributed by atoms with Gasteiger partial charge < -0.3 is 18.9 Å². The van der Waals surface area contributed by atoms with Gasteiger partial charge in [-0.05, 0) is 55.5 Å². The van der Waals surface area contributed by atoms with Crippen LogP contribution in [0.4, 0.5) is 0 Å². The van der Waals surface area contributed by atoms with E-state index in [9.17, 15) is 4.79 Å². The van der Waals surface area contributed by atoms with Gasteiger partial charge in [0, 0.05) is 20.0 Å². The molecule has 0 spiro atoms. The number of aromatic nitrogens is 2. The molecule has 168 valence electrons. The number of hydrogen-bond donors (Lipinski definition) is 0. The van der Waals surface area contributed by atoms with Crippen molar-refractivity contribution >= 4 is 16.9 Å². The van der Waals surface area contributed by atoms with Crippen molar-refractivity contribution in [3.8, 4) is 11.5 Å². The van der Waals surface area contributed by atoms with Crippen molar-refractivity contribution in [2.75, 3.05) is 20.3 Å². The number of benzene rings is 2. The smallest absolute Gasteiger partial charge is 0.220 e. The number of allylic oxidation sites excluding steroid dienone is 1. The molecule has 2 aromatic carbocycles. The van der Waals surface area contributed by atoms with E-state index in [1.165, 1.54) is 0 Å². The summed E-state index contributed by atoms with van der Waals surface area (Å²) in [6, 6.07) is 14.2. The zero-order valence-electron chi connectivity index (χ0n) is 18.9. The Morgan fingerprint density at radius 1 is 1.25 bits per heavy atom. The number of carbonyl (C=O) groups excluding carboxylic acids is 1. The van der Waals surface area contributed by atoms with Gasteiger partial charge in [0.2, 0.25) is 5.91 Å². The molecule has 0 saturated carbocycles. The summed E-state index contributed by atoms with van der Waals surface area (Å²) in [5.41, 5.74) is 3.22. The summed E-state index contributed by atoms with van der Waals surface area (Å²) in [6.07, 6.45) is 5.45. The van der Waals surface area contributed by atoms with Gasteiger partial charge in [0.25, 0.3) is 0 Å². The number of amides is 1. The maximum Gasteiger partial charge on any atom is 0.220 e. The van der Waals surface area contributed by atoms with Gasteiger partial charge in [0.15, 0.2) is 11.5 Å². The number of methoxy groups -OCH3 is 1. The minimum atomic E-state index is 0.0401. The van der Waals surface area contributed by atoms with E-state index in [0.717, 1.165) is 72.7 Å². The van der Waals surface area contributed by atoms with Crippen molar-refractivity contribution in [1.82, 2.24) is 14.5 Å². The SMILES string of the molecule is C=CCc1ccc(OCCCn2c([C@H]3CCCN3C(C)=O)nc3ccccc32)c(OC)c1. The molecule has 0 bridgehead atoms. The summed E-state index contributed by atoms with van der Waals surface area (Å²) in [7, 11) is 1.66. The molecule has 3 aromatic rings. The lowest BCUT2D eigenvalue weighted by atomic mass is 10.1. The Morgan fingerprint density at radius 3 is 2.88 bits per heavy atom. The summed E-state index contributed by atoms with van der Waals surface area (Å²) in [4.78, 5) is 19.0. The van der Waals surface area contributed by atoms with Crippen LogP contribution >= 0.6 is 0 Å². The minimum Gasteiger partial charge on any atom is -0.493 e. The third kappa shape index (κ3) is 4.49. The Bertz CT molecular complexity index is 1100. The van der Waals surface area contributed by atoms with Gasteiger partial charge in [0.05, 0.1) is 30.8 Å². The number of rotatable bonds is 9. The van der Waals surface area contributed by atoms with E-state index >= 15 is 0 Å². The molecule has 0 unspecified atom stereocenters. The van der Waals surface area contributed by atoms with Crippen molar-refractivity contribution < 1.29 is 14.3 Å². The molecule has 1 amide bonds. The van der Waals surface area contributed by atoms with E-state index in [1.54, 1.807) is 14.0 Å². The fraction of sp³-hybridized carbons (Fsp3) is 0.385. The van der Waals surface area contributed by atoms with Gasteiger partial charge in [0.1, 0.15) is 5.82 Å². The highest BCUT2D eigenvalue weighted by molar-refractivity contribution is 5.77. The Labute approximate surface area is 189 Å². The number of nitrogens with zero attached hydrogens (tertiary/aromatic N) is 3. The second-order valence-electron chi connectivity index (χ2n) is 8.16. The largest absolute Gasteiger partial charge is 0.493 e. The number of hydrogen-bond acceptors (Lipinski definition) is 4. The predicted octanol–water partition coefficient (Wildman–Crippen LogP) is 4.93. The quantitative estimate of drug-likeness (QED) is 0.355. The van der Waals surface area contributed by atoms with Crippen molar-refractivity contribution in [2.45, 2.75) is 45.2 Å². The topological polar surface area (TPSA) is 56.6 Å². The molecular weight excluding hydrogens is 402 g/mol. The maximum atomic E-state index is 12.2. The van der Waals surface area contributed by atoms with Crippen LogP contribution in [0.3, 0.4) is 0 Å². The fourth-order valence-electron chi connectivity index (χ4n) is 4.53. The van der Waals surface area contributed by atoms with Gasteiger partial charge in [-0.1, -0.05) is 24.3 Å². The van der Waals surface area contributed by atoms with E-state index in [0.29, 0.717) is 6.61 Å². The number of aryl methyl sites for hydroxylation is 1. The zero-order chi connectivity index (χ0) is 22.5. The molecule has 1 fully saturated rings. The Kier molecular flexibility index (Phi) is 6.78. The first-order chi connectivity index (χ1) is 15.6. The molecule has 32 heavy (non-hydrogen) atoms. The molecule has 0 radical (unpaired) electrons.